The van der Waals surface area contributed by atoms with E-state index in [2.05, 4.69) is 19.2 Å². The molecule has 7 nitrogen and oxygen atoms in total. The third-order valence-electron chi connectivity index (χ3n) is 4.32. The van der Waals surface area contributed by atoms with Gasteiger partial charge >= 0.3 is 12.0 Å². The lowest BCUT2D eigenvalue weighted by molar-refractivity contribution is -0.147. The Hall–Kier alpha value is -2.09. The van der Waals surface area contributed by atoms with Gasteiger partial charge in [0.05, 0.1) is 26.2 Å². The Morgan fingerprint density at radius 2 is 1.86 bits per heavy atom. The van der Waals surface area contributed by atoms with Crippen molar-refractivity contribution in [2.24, 2.45) is 5.92 Å². The summed E-state index contributed by atoms with van der Waals surface area (Å²) in [6.45, 7) is 6.51. The lowest BCUT2D eigenvalue weighted by Gasteiger charge is -2.29. The molecular formula is C20H30N2O5S. The van der Waals surface area contributed by atoms with E-state index < -0.39 is 6.04 Å². The van der Waals surface area contributed by atoms with Crippen molar-refractivity contribution >= 4 is 29.4 Å². The Bertz CT molecular complexity index is 660. The van der Waals surface area contributed by atoms with E-state index in [4.69, 9.17) is 14.2 Å². The summed E-state index contributed by atoms with van der Waals surface area (Å²) in [5.41, 5.74) is 0.544. The van der Waals surface area contributed by atoms with Crippen LogP contribution in [-0.4, -0.2) is 54.9 Å². The molecule has 1 saturated heterocycles. The first-order chi connectivity index (χ1) is 13.4. The summed E-state index contributed by atoms with van der Waals surface area (Å²) in [5, 5.41) is 2.81. The van der Waals surface area contributed by atoms with Crippen LogP contribution < -0.4 is 14.8 Å². The molecule has 8 heteroatoms. The van der Waals surface area contributed by atoms with Crippen LogP contribution in [0.15, 0.2) is 18.2 Å². The van der Waals surface area contributed by atoms with Gasteiger partial charge in [-0.15, -0.1) is 11.8 Å². The van der Waals surface area contributed by atoms with E-state index in [9.17, 15) is 9.59 Å². The molecule has 2 amide bonds. The number of rotatable bonds is 8. The number of esters is 1. The highest BCUT2D eigenvalue weighted by atomic mass is 32.2. The molecule has 1 fully saturated rings. The first-order valence-corrected chi connectivity index (χ1v) is 10.5. The molecule has 0 spiro atoms. The first-order valence-electron chi connectivity index (χ1n) is 9.50. The number of benzene rings is 1. The lowest BCUT2D eigenvalue weighted by Crippen LogP contribution is -2.48. The maximum Gasteiger partial charge on any atom is 0.329 e. The fraction of sp³-hybridized carbons (Fsp3) is 0.600. The van der Waals surface area contributed by atoms with E-state index in [1.54, 1.807) is 49.1 Å². The zero-order valence-electron chi connectivity index (χ0n) is 17.2. The summed E-state index contributed by atoms with van der Waals surface area (Å²) >= 11 is 1.62. The largest absolute Gasteiger partial charge is 0.497 e. The molecule has 28 heavy (non-hydrogen) atoms. The number of ether oxygens (including phenoxy) is 3. The number of hydrogen-bond acceptors (Lipinski definition) is 6. The molecule has 1 aliphatic heterocycles. The second kappa shape index (κ2) is 10.5. The molecule has 1 aromatic rings. The van der Waals surface area contributed by atoms with Gasteiger partial charge in [0.2, 0.25) is 0 Å². The van der Waals surface area contributed by atoms with Gasteiger partial charge in [-0.1, -0.05) is 20.8 Å². The predicted molar refractivity (Wildman–Crippen MR) is 111 cm³/mol. The lowest BCUT2D eigenvalue weighted by atomic mass is 10.1. The number of carbonyl (C=O) groups excluding carboxylic acids is 2. The van der Waals surface area contributed by atoms with Gasteiger partial charge in [-0.3, -0.25) is 4.90 Å². The van der Waals surface area contributed by atoms with E-state index in [-0.39, 0.29) is 17.4 Å². The van der Waals surface area contributed by atoms with Gasteiger partial charge in [0.25, 0.3) is 0 Å². The van der Waals surface area contributed by atoms with Crippen LogP contribution in [0.1, 0.15) is 33.6 Å². The zero-order chi connectivity index (χ0) is 20.7. The van der Waals surface area contributed by atoms with Crippen molar-refractivity contribution in [3.8, 4) is 11.5 Å². The molecule has 1 aliphatic rings. The van der Waals surface area contributed by atoms with Gasteiger partial charge in [-0.25, -0.2) is 9.59 Å². The van der Waals surface area contributed by atoms with E-state index in [1.165, 1.54) is 0 Å². The van der Waals surface area contributed by atoms with Gasteiger partial charge < -0.3 is 19.5 Å². The monoisotopic (exact) mass is 410 g/mol. The minimum Gasteiger partial charge on any atom is -0.497 e. The number of hydrogen-bond donors (Lipinski definition) is 1. The van der Waals surface area contributed by atoms with Crippen LogP contribution in [0.2, 0.25) is 0 Å². The Labute approximate surface area is 171 Å². The number of nitrogens with zero attached hydrogens (tertiary/aromatic N) is 1. The second-order valence-corrected chi connectivity index (χ2v) is 8.25. The average Bonchev–Trinajstić information content (AvgIpc) is 3.08. The van der Waals surface area contributed by atoms with Crippen molar-refractivity contribution in [2.45, 2.75) is 45.0 Å². The van der Waals surface area contributed by atoms with Crippen molar-refractivity contribution in [1.29, 1.82) is 0 Å². The number of nitrogens with one attached hydrogen (secondary N) is 1. The van der Waals surface area contributed by atoms with Crippen LogP contribution in [-0.2, 0) is 9.53 Å². The van der Waals surface area contributed by atoms with Crippen LogP contribution in [0.5, 0.6) is 11.5 Å². The molecular weight excluding hydrogens is 380 g/mol. The Morgan fingerprint density at radius 1 is 1.21 bits per heavy atom. The highest BCUT2D eigenvalue weighted by Crippen LogP contribution is 2.35. The number of anilines is 1. The van der Waals surface area contributed by atoms with Crippen LogP contribution in [0.4, 0.5) is 10.5 Å². The number of carbonyl (C=O) groups is 2. The number of thioether (sulfide) groups is 1. The second-order valence-electron chi connectivity index (χ2n) is 7.04. The zero-order valence-corrected chi connectivity index (χ0v) is 18.0. The standard InChI is InChI=1S/C20H30N2O5S/c1-6-7-27-19(23)17-12-28-18(8-13(2)3)22(17)20(24)21-14-9-15(25-4)11-16(10-14)26-5/h9-11,13,17-18H,6-8,12H2,1-5H3,(H,21,24). The maximum atomic E-state index is 13.1. The molecule has 2 unspecified atom stereocenters. The SMILES string of the molecule is CCCOC(=O)C1CSC(CC(C)C)N1C(=O)Nc1cc(OC)cc(OC)c1. The molecule has 156 valence electrons. The molecule has 1 aromatic carbocycles. The Kier molecular flexibility index (Phi) is 8.29. The summed E-state index contributed by atoms with van der Waals surface area (Å²) in [7, 11) is 3.10. The summed E-state index contributed by atoms with van der Waals surface area (Å²) in [6.07, 6.45) is 1.55. The van der Waals surface area contributed by atoms with E-state index in [0.717, 1.165) is 12.8 Å². The fourth-order valence-electron chi connectivity index (χ4n) is 2.97. The number of urea groups is 1. The number of methoxy groups -OCH3 is 2. The summed E-state index contributed by atoms with van der Waals surface area (Å²) < 4.78 is 15.8. The minimum absolute atomic E-state index is 0.0771. The highest BCUT2D eigenvalue weighted by Gasteiger charge is 2.42. The van der Waals surface area contributed by atoms with Crippen molar-refractivity contribution < 1.29 is 23.8 Å². The maximum absolute atomic E-state index is 13.1. The molecule has 2 rings (SSSR count). The molecule has 1 N–H and O–H groups in total. The van der Waals surface area contributed by atoms with Crippen molar-refractivity contribution in [1.82, 2.24) is 4.90 Å². The molecule has 1 heterocycles. The molecule has 0 bridgehead atoms. The van der Waals surface area contributed by atoms with Crippen LogP contribution in [0, 0.1) is 5.92 Å². The van der Waals surface area contributed by atoms with Gasteiger partial charge in [-0.2, -0.15) is 0 Å². The van der Waals surface area contributed by atoms with E-state index >= 15 is 0 Å². The normalized spacial score (nSPS) is 18.9. The van der Waals surface area contributed by atoms with Crippen molar-refractivity contribution in [2.75, 3.05) is 31.9 Å². The first kappa shape index (κ1) is 22.2. The Balaban J connectivity index is 2.22. The van der Waals surface area contributed by atoms with Crippen LogP contribution in [0.3, 0.4) is 0 Å². The molecule has 0 aromatic heterocycles. The third kappa shape index (κ3) is 5.70. The fourth-order valence-corrected chi connectivity index (χ4v) is 4.59. The summed E-state index contributed by atoms with van der Waals surface area (Å²) in [5.74, 6) is 1.73. The highest BCUT2D eigenvalue weighted by molar-refractivity contribution is 8.00. The molecule has 0 saturated carbocycles. The van der Waals surface area contributed by atoms with Crippen LogP contribution >= 0.6 is 11.8 Å². The smallest absolute Gasteiger partial charge is 0.329 e. The quantitative estimate of drug-likeness (QED) is 0.653. The van der Waals surface area contributed by atoms with Crippen LogP contribution in [0.25, 0.3) is 0 Å². The van der Waals surface area contributed by atoms with Gasteiger partial charge in [0, 0.05) is 29.6 Å². The molecule has 2 atom stereocenters. The number of amides is 2. The van der Waals surface area contributed by atoms with Gasteiger partial charge in [-0.05, 0) is 18.8 Å². The topological polar surface area (TPSA) is 77.1 Å². The third-order valence-corrected chi connectivity index (χ3v) is 5.64. The average molecular weight is 411 g/mol. The molecule has 0 radical (unpaired) electrons. The van der Waals surface area contributed by atoms with Crippen molar-refractivity contribution in [3.63, 3.8) is 0 Å². The Morgan fingerprint density at radius 3 is 2.39 bits per heavy atom. The predicted octanol–water partition coefficient (Wildman–Crippen LogP) is 3.98. The summed E-state index contributed by atoms with van der Waals surface area (Å²) in [6, 6.07) is 4.24. The van der Waals surface area contributed by atoms with Gasteiger partial charge in [0.15, 0.2) is 0 Å². The summed E-state index contributed by atoms with van der Waals surface area (Å²) in [4.78, 5) is 27.2. The van der Waals surface area contributed by atoms with E-state index in [0.29, 0.717) is 35.5 Å². The van der Waals surface area contributed by atoms with E-state index in [1.807, 2.05) is 6.92 Å². The molecule has 0 aliphatic carbocycles. The van der Waals surface area contributed by atoms with Crippen molar-refractivity contribution in [3.05, 3.63) is 18.2 Å². The van der Waals surface area contributed by atoms with Gasteiger partial charge in [0.1, 0.15) is 17.5 Å². The minimum atomic E-state index is -0.590.